The van der Waals surface area contributed by atoms with Crippen LogP contribution in [0, 0.1) is 34.5 Å². The number of nitriles is 2. The van der Waals surface area contributed by atoms with Crippen molar-refractivity contribution in [1.82, 2.24) is 0 Å². The highest BCUT2D eigenvalue weighted by molar-refractivity contribution is 5.43. The van der Waals surface area contributed by atoms with E-state index in [1.165, 1.54) is 16.7 Å². The Labute approximate surface area is 138 Å². The molecule has 0 saturated heterocycles. The highest BCUT2D eigenvalue weighted by Crippen LogP contribution is 2.48. The molecule has 0 unspecified atom stereocenters. The van der Waals surface area contributed by atoms with Crippen LogP contribution in [-0.2, 0) is 18.3 Å². The van der Waals surface area contributed by atoms with Crippen molar-refractivity contribution in [2.24, 2.45) is 11.8 Å². The molecule has 0 bridgehead atoms. The summed E-state index contributed by atoms with van der Waals surface area (Å²) in [4.78, 5) is 0. The molecule has 0 radical (unpaired) electrons. The Morgan fingerprint density at radius 1 is 1.04 bits per heavy atom. The third-order valence-electron chi connectivity index (χ3n) is 5.36. The van der Waals surface area contributed by atoms with Gasteiger partial charge in [-0.05, 0) is 41.9 Å². The fraction of sp³-hybridized carbons (Fsp3) is 0.333. The van der Waals surface area contributed by atoms with Crippen LogP contribution < -0.4 is 0 Å². The molecule has 114 valence electrons. The maximum absolute atomic E-state index is 9.69. The van der Waals surface area contributed by atoms with Crippen molar-refractivity contribution in [2.45, 2.75) is 31.6 Å². The monoisotopic (exact) mass is 300 g/mol. The van der Waals surface area contributed by atoms with Crippen LogP contribution in [0.2, 0.25) is 0 Å². The largest absolute Gasteiger partial charge is 0.197 e. The normalized spacial score (nSPS) is 22.9. The molecule has 0 saturated carbocycles. The molecule has 0 aromatic heterocycles. The SMILES string of the molecule is C[C@H]1CCc2ccccc2[C@]1(Cc1ccccc1)C(C#N)C#N. The summed E-state index contributed by atoms with van der Waals surface area (Å²) in [7, 11) is 0. The first-order valence-electron chi connectivity index (χ1n) is 8.14. The van der Waals surface area contributed by atoms with E-state index in [1.807, 2.05) is 24.3 Å². The van der Waals surface area contributed by atoms with E-state index in [0.29, 0.717) is 5.92 Å². The average molecular weight is 300 g/mol. The molecule has 0 N–H and O–H groups in total. The number of rotatable bonds is 3. The molecule has 0 fully saturated rings. The van der Waals surface area contributed by atoms with Gasteiger partial charge >= 0.3 is 0 Å². The summed E-state index contributed by atoms with van der Waals surface area (Å²) in [5, 5.41) is 19.4. The van der Waals surface area contributed by atoms with Crippen molar-refractivity contribution in [3.05, 3.63) is 71.3 Å². The topological polar surface area (TPSA) is 47.6 Å². The first-order chi connectivity index (χ1) is 11.2. The number of benzene rings is 2. The van der Waals surface area contributed by atoms with Crippen LogP contribution >= 0.6 is 0 Å². The van der Waals surface area contributed by atoms with Crippen molar-refractivity contribution in [3.8, 4) is 12.1 Å². The lowest BCUT2D eigenvalue weighted by Gasteiger charge is -2.45. The van der Waals surface area contributed by atoms with Gasteiger partial charge in [0, 0.05) is 5.41 Å². The highest BCUT2D eigenvalue weighted by atomic mass is 14.5. The molecule has 2 atom stereocenters. The van der Waals surface area contributed by atoms with Crippen molar-refractivity contribution >= 4 is 0 Å². The summed E-state index contributed by atoms with van der Waals surface area (Å²) < 4.78 is 0. The van der Waals surface area contributed by atoms with Crippen LogP contribution in [0.3, 0.4) is 0 Å². The summed E-state index contributed by atoms with van der Waals surface area (Å²) in [6.45, 7) is 2.19. The van der Waals surface area contributed by atoms with Gasteiger partial charge in [-0.3, -0.25) is 0 Å². The number of aryl methyl sites for hydroxylation is 1. The lowest BCUT2D eigenvalue weighted by atomic mass is 9.56. The number of nitrogens with zero attached hydrogens (tertiary/aromatic N) is 2. The van der Waals surface area contributed by atoms with Gasteiger partial charge in [-0.1, -0.05) is 61.5 Å². The molecule has 1 aliphatic carbocycles. The van der Waals surface area contributed by atoms with E-state index in [9.17, 15) is 10.5 Å². The molecule has 0 amide bonds. The van der Waals surface area contributed by atoms with Crippen LogP contribution in [-0.4, -0.2) is 0 Å². The Morgan fingerprint density at radius 2 is 1.70 bits per heavy atom. The van der Waals surface area contributed by atoms with Crippen LogP contribution in [0.15, 0.2) is 54.6 Å². The van der Waals surface area contributed by atoms with Gasteiger partial charge in [-0.2, -0.15) is 10.5 Å². The third kappa shape index (κ3) is 2.51. The molecule has 23 heavy (non-hydrogen) atoms. The summed E-state index contributed by atoms with van der Waals surface area (Å²) in [6, 6.07) is 23.2. The number of fused-ring (bicyclic) bond motifs is 1. The molecular formula is C21H20N2. The van der Waals surface area contributed by atoms with E-state index in [-0.39, 0.29) is 0 Å². The second-order valence-electron chi connectivity index (χ2n) is 6.49. The molecule has 3 rings (SSSR count). The van der Waals surface area contributed by atoms with Gasteiger partial charge in [0.25, 0.3) is 0 Å². The zero-order valence-corrected chi connectivity index (χ0v) is 13.4. The van der Waals surface area contributed by atoms with Crippen LogP contribution in [0.1, 0.15) is 30.0 Å². The summed E-state index contributed by atoms with van der Waals surface area (Å²) in [5.74, 6) is -0.346. The Balaban J connectivity index is 2.20. The Bertz CT molecular complexity index is 752. The van der Waals surface area contributed by atoms with E-state index in [4.69, 9.17) is 0 Å². The van der Waals surface area contributed by atoms with Crippen molar-refractivity contribution in [1.29, 1.82) is 10.5 Å². The third-order valence-corrected chi connectivity index (χ3v) is 5.36. The second-order valence-corrected chi connectivity index (χ2v) is 6.49. The van der Waals surface area contributed by atoms with E-state index in [2.05, 4.69) is 49.4 Å². The minimum Gasteiger partial charge on any atom is -0.197 e. The molecule has 2 heteroatoms. The second kappa shape index (κ2) is 6.27. The molecule has 2 nitrogen and oxygen atoms in total. The summed E-state index contributed by atoms with van der Waals surface area (Å²) in [5.41, 5.74) is 3.24. The molecule has 0 heterocycles. The maximum atomic E-state index is 9.69. The van der Waals surface area contributed by atoms with E-state index < -0.39 is 11.3 Å². The summed E-state index contributed by atoms with van der Waals surface area (Å²) >= 11 is 0. The van der Waals surface area contributed by atoms with Gasteiger partial charge in [0.05, 0.1) is 12.1 Å². The molecule has 2 aromatic rings. The van der Waals surface area contributed by atoms with Gasteiger partial charge in [0.1, 0.15) is 5.92 Å². The average Bonchev–Trinajstić information content (AvgIpc) is 2.60. The highest BCUT2D eigenvalue weighted by Gasteiger charge is 2.48. The van der Waals surface area contributed by atoms with E-state index in [0.717, 1.165) is 19.3 Å². The standard InChI is InChI=1S/C21H20N2/c1-16-11-12-18-9-5-6-10-20(18)21(16,19(14-22)15-23)13-17-7-3-2-4-8-17/h2-10,16,19H,11-13H2,1H3/t16-,21-/m0/s1. The minimum atomic E-state index is -0.640. The van der Waals surface area contributed by atoms with Gasteiger partial charge in [-0.25, -0.2) is 0 Å². The number of hydrogen-bond donors (Lipinski definition) is 0. The van der Waals surface area contributed by atoms with Gasteiger partial charge in [0.15, 0.2) is 0 Å². The van der Waals surface area contributed by atoms with E-state index >= 15 is 0 Å². The molecule has 0 aliphatic heterocycles. The first-order valence-corrected chi connectivity index (χ1v) is 8.14. The fourth-order valence-electron chi connectivity index (χ4n) is 4.09. The predicted molar refractivity (Wildman–Crippen MR) is 90.5 cm³/mol. The molecule has 0 spiro atoms. The predicted octanol–water partition coefficient (Wildman–Crippen LogP) is 4.41. The van der Waals surface area contributed by atoms with E-state index in [1.54, 1.807) is 0 Å². The van der Waals surface area contributed by atoms with Crippen LogP contribution in [0.5, 0.6) is 0 Å². The Hall–Kier alpha value is -2.58. The Kier molecular flexibility index (Phi) is 4.18. The van der Waals surface area contributed by atoms with Gasteiger partial charge in [0.2, 0.25) is 0 Å². The molecular weight excluding hydrogens is 280 g/mol. The van der Waals surface area contributed by atoms with Crippen molar-refractivity contribution in [2.75, 3.05) is 0 Å². The fourth-order valence-corrected chi connectivity index (χ4v) is 4.09. The first kappa shape index (κ1) is 15.3. The quantitative estimate of drug-likeness (QED) is 0.842. The lowest BCUT2D eigenvalue weighted by Crippen LogP contribution is -2.45. The van der Waals surface area contributed by atoms with Gasteiger partial charge in [-0.15, -0.1) is 0 Å². The Morgan fingerprint density at radius 3 is 2.39 bits per heavy atom. The molecule has 2 aromatic carbocycles. The van der Waals surface area contributed by atoms with Crippen LogP contribution in [0.4, 0.5) is 0 Å². The zero-order chi connectivity index (χ0) is 16.3. The summed E-state index contributed by atoms with van der Waals surface area (Å²) in [6.07, 6.45) is 2.78. The van der Waals surface area contributed by atoms with Gasteiger partial charge < -0.3 is 0 Å². The van der Waals surface area contributed by atoms with Crippen molar-refractivity contribution in [3.63, 3.8) is 0 Å². The maximum Gasteiger partial charge on any atom is 0.143 e. The molecule has 1 aliphatic rings. The smallest absolute Gasteiger partial charge is 0.143 e. The number of hydrogen-bond acceptors (Lipinski definition) is 2. The lowest BCUT2D eigenvalue weighted by molar-refractivity contribution is 0.217. The minimum absolute atomic E-state index is 0.293. The zero-order valence-electron chi connectivity index (χ0n) is 13.4. The van der Waals surface area contributed by atoms with Crippen molar-refractivity contribution < 1.29 is 0 Å². The van der Waals surface area contributed by atoms with Crippen LogP contribution in [0.25, 0.3) is 0 Å².